The minimum Gasteiger partial charge on any atom is -0.397 e. The number of likely N-dealkylation sites (N-methyl/N-ethyl adjacent to an activating group) is 1. The molecule has 0 aromatic heterocycles. The minimum atomic E-state index is -0.261. The number of benzene rings is 1. The van der Waals surface area contributed by atoms with Crippen molar-refractivity contribution < 1.29 is 9.13 Å². The van der Waals surface area contributed by atoms with Gasteiger partial charge in [0.15, 0.2) is 0 Å². The first kappa shape index (κ1) is 11.2. The first-order valence-electron chi connectivity index (χ1n) is 5.54. The Labute approximate surface area is 95.0 Å². The molecule has 2 N–H and O–H groups in total. The van der Waals surface area contributed by atoms with E-state index in [0.29, 0.717) is 5.69 Å². The zero-order valence-electron chi connectivity index (χ0n) is 9.45. The second kappa shape index (κ2) is 4.70. The van der Waals surface area contributed by atoms with Gasteiger partial charge in [0.25, 0.3) is 0 Å². The van der Waals surface area contributed by atoms with Crippen molar-refractivity contribution in [1.82, 2.24) is 0 Å². The Kier molecular flexibility index (Phi) is 3.29. The first-order valence-corrected chi connectivity index (χ1v) is 5.54. The van der Waals surface area contributed by atoms with E-state index in [-0.39, 0.29) is 11.9 Å². The molecule has 1 saturated heterocycles. The van der Waals surface area contributed by atoms with Gasteiger partial charge in [0.2, 0.25) is 0 Å². The topological polar surface area (TPSA) is 38.5 Å². The van der Waals surface area contributed by atoms with Crippen molar-refractivity contribution in [1.29, 1.82) is 0 Å². The standard InChI is InChI=1S/C12H17FN2O/c1-15(8-10-3-2-6-16-10)12-7-9(13)4-5-11(12)14/h4-5,7,10H,2-3,6,8,14H2,1H3. The molecule has 0 radical (unpaired) electrons. The minimum absolute atomic E-state index is 0.243. The van der Waals surface area contributed by atoms with Crippen LogP contribution in [0.25, 0.3) is 0 Å². The lowest BCUT2D eigenvalue weighted by atomic mass is 10.2. The molecule has 3 nitrogen and oxygen atoms in total. The van der Waals surface area contributed by atoms with Crippen LogP contribution in [0.5, 0.6) is 0 Å². The molecule has 0 amide bonds. The van der Waals surface area contributed by atoms with E-state index >= 15 is 0 Å². The summed E-state index contributed by atoms with van der Waals surface area (Å²) >= 11 is 0. The molecule has 1 aromatic rings. The largest absolute Gasteiger partial charge is 0.397 e. The molecule has 1 aliphatic heterocycles. The van der Waals surface area contributed by atoms with Crippen molar-refractivity contribution in [2.24, 2.45) is 0 Å². The number of nitrogens with two attached hydrogens (primary N) is 1. The van der Waals surface area contributed by atoms with Gasteiger partial charge in [-0.1, -0.05) is 0 Å². The highest BCUT2D eigenvalue weighted by Crippen LogP contribution is 2.24. The smallest absolute Gasteiger partial charge is 0.125 e. The predicted octanol–water partition coefficient (Wildman–Crippen LogP) is 2.02. The maximum absolute atomic E-state index is 13.1. The maximum Gasteiger partial charge on any atom is 0.125 e. The fourth-order valence-corrected chi connectivity index (χ4v) is 2.04. The van der Waals surface area contributed by atoms with Crippen LogP contribution in [0.3, 0.4) is 0 Å². The number of nitrogen functional groups attached to an aromatic ring is 1. The lowest BCUT2D eigenvalue weighted by Crippen LogP contribution is -2.29. The number of anilines is 2. The average Bonchev–Trinajstić information content (AvgIpc) is 2.74. The summed E-state index contributed by atoms with van der Waals surface area (Å²) in [6.07, 6.45) is 2.42. The van der Waals surface area contributed by atoms with Gasteiger partial charge in [0.1, 0.15) is 5.82 Å². The van der Waals surface area contributed by atoms with E-state index in [2.05, 4.69) is 0 Å². The number of halogens is 1. The third-order valence-electron chi connectivity index (χ3n) is 2.91. The average molecular weight is 224 g/mol. The molecule has 1 aromatic carbocycles. The highest BCUT2D eigenvalue weighted by atomic mass is 19.1. The van der Waals surface area contributed by atoms with E-state index in [9.17, 15) is 4.39 Å². The van der Waals surface area contributed by atoms with Crippen molar-refractivity contribution in [3.05, 3.63) is 24.0 Å². The van der Waals surface area contributed by atoms with Crippen LogP contribution in [0.15, 0.2) is 18.2 Å². The zero-order chi connectivity index (χ0) is 11.5. The summed E-state index contributed by atoms with van der Waals surface area (Å²) in [7, 11) is 1.91. The first-order chi connectivity index (χ1) is 7.66. The van der Waals surface area contributed by atoms with Gasteiger partial charge >= 0.3 is 0 Å². The summed E-state index contributed by atoms with van der Waals surface area (Å²) in [6.45, 7) is 1.59. The van der Waals surface area contributed by atoms with Gasteiger partial charge in [-0.2, -0.15) is 0 Å². The van der Waals surface area contributed by atoms with Gasteiger partial charge in [0.05, 0.1) is 17.5 Å². The quantitative estimate of drug-likeness (QED) is 0.798. The van der Waals surface area contributed by atoms with E-state index in [0.717, 1.165) is 31.7 Å². The lowest BCUT2D eigenvalue weighted by Gasteiger charge is -2.24. The summed E-state index contributed by atoms with van der Waals surface area (Å²) < 4.78 is 18.6. The molecule has 0 spiro atoms. The van der Waals surface area contributed by atoms with Crippen LogP contribution < -0.4 is 10.6 Å². The number of rotatable bonds is 3. The van der Waals surface area contributed by atoms with Crippen LogP contribution in [-0.4, -0.2) is 26.3 Å². The van der Waals surface area contributed by atoms with E-state index in [1.54, 1.807) is 6.07 Å². The Morgan fingerprint density at radius 2 is 2.38 bits per heavy atom. The zero-order valence-corrected chi connectivity index (χ0v) is 9.45. The number of ether oxygens (including phenoxy) is 1. The van der Waals surface area contributed by atoms with Gasteiger partial charge in [-0.25, -0.2) is 4.39 Å². The van der Waals surface area contributed by atoms with Crippen LogP contribution in [0.1, 0.15) is 12.8 Å². The Bertz CT molecular complexity index is 364. The summed E-state index contributed by atoms with van der Waals surface area (Å²) in [5.74, 6) is -0.261. The SMILES string of the molecule is CN(CC1CCCO1)c1cc(F)ccc1N. The normalized spacial score (nSPS) is 20.0. The number of hydrogen-bond donors (Lipinski definition) is 1. The summed E-state index contributed by atoms with van der Waals surface area (Å²) in [5, 5.41) is 0. The van der Waals surface area contributed by atoms with Gasteiger partial charge in [-0.05, 0) is 31.0 Å². The van der Waals surface area contributed by atoms with Gasteiger partial charge in [0, 0.05) is 20.2 Å². The fraction of sp³-hybridized carbons (Fsp3) is 0.500. The third kappa shape index (κ3) is 2.44. The second-order valence-electron chi connectivity index (χ2n) is 4.22. The van der Waals surface area contributed by atoms with Crippen LogP contribution in [-0.2, 0) is 4.74 Å². The van der Waals surface area contributed by atoms with Gasteiger partial charge in [-0.15, -0.1) is 0 Å². The van der Waals surface area contributed by atoms with Crippen molar-refractivity contribution in [3.63, 3.8) is 0 Å². The number of hydrogen-bond acceptors (Lipinski definition) is 3. The van der Waals surface area contributed by atoms with Crippen molar-refractivity contribution in [3.8, 4) is 0 Å². The molecule has 1 unspecified atom stereocenters. The summed E-state index contributed by atoms with van der Waals surface area (Å²) in [5.41, 5.74) is 7.15. The highest BCUT2D eigenvalue weighted by Gasteiger charge is 2.18. The molecular weight excluding hydrogens is 207 g/mol. The molecule has 16 heavy (non-hydrogen) atoms. The van der Waals surface area contributed by atoms with E-state index in [4.69, 9.17) is 10.5 Å². The van der Waals surface area contributed by atoms with Crippen LogP contribution >= 0.6 is 0 Å². The van der Waals surface area contributed by atoms with E-state index < -0.39 is 0 Å². The molecule has 1 heterocycles. The monoisotopic (exact) mass is 224 g/mol. The Hall–Kier alpha value is -1.29. The van der Waals surface area contributed by atoms with E-state index in [1.807, 2.05) is 11.9 Å². The Morgan fingerprint density at radius 3 is 3.06 bits per heavy atom. The summed E-state index contributed by atoms with van der Waals surface area (Å²) in [4.78, 5) is 1.95. The molecule has 2 rings (SSSR count). The van der Waals surface area contributed by atoms with Crippen LogP contribution in [0.4, 0.5) is 15.8 Å². The van der Waals surface area contributed by atoms with E-state index in [1.165, 1.54) is 12.1 Å². The van der Waals surface area contributed by atoms with Gasteiger partial charge in [-0.3, -0.25) is 0 Å². The fourth-order valence-electron chi connectivity index (χ4n) is 2.04. The van der Waals surface area contributed by atoms with Crippen LogP contribution in [0.2, 0.25) is 0 Å². The third-order valence-corrected chi connectivity index (χ3v) is 2.91. The molecule has 0 saturated carbocycles. The van der Waals surface area contributed by atoms with Crippen LogP contribution in [0, 0.1) is 5.82 Å². The predicted molar refractivity (Wildman–Crippen MR) is 63.1 cm³/mol. The lowest BCUT2D eigenvalue weighted by molar-refractivity contribution is 0.116. The molecule has 1 aliphatic rings. The Balaban J connectivity index is 2.07. The second-order valence-corrected chi connectivity index (χ2v) is 4.22. The molecule has 4 heteroatoms. The maximum atomic E-state index is 13.1. The molecule has 88 valence electrons. The van der Waals surface area contributed by atoms with Gasteiger partial charge < -0.3 is 15.4 Å². The molecular formula is C12H17FN2O. The molecule has 1 atom stereocenters. The van der Waals surface area contributed by atoms with Crippen molar-refractivity contribution in [2.45, 2.75) is 18.9 Å². The van der Waals surface area contributed by atoms with Crippen molar-refractivity contribution >= 4 is 11.4 Å². The molecule has 0 bridgehead atoms. The highest BCUT2D eigenvalue weighted by molar-refractivity contribution is 5.67. The number of nitrogens with zero attached hydrogens (tertiary/aromatic N) is 1. The summed E-state index contributed by atoms with van der Waals surface area (Å²) in [6, 6.07) is 4.43. The van der Waals surface area contributed by atoms with Crippen molar-refractivity contribution in [2.75, 3.05) is 30.8 Å². The molecule has 1 fully saturated rings. The Morgan fingerprint density at radius 1 is 1.56 bits per heavy atom. The molecule has 0 aliphatic carbocycles.